The maximum atomic E-state index is 12.8. The van der Waals surface area contributed by atoms with Crippen LogP contribution in [0.1, 0.15) is 46.0 Å². The molecule has 1 heterocycles. The molecular weight excluding hydrogens is 292 g/mol. The summed E-state index contributed by atoms with van der Waals surface area (Å²) in [4.78, 5) is 26.3. The van der Waals surface area contributed by atoms with E-state index in [2.05, 4.69) is 5.32 Å². The Balaban J connectivity index is 2.27. The van der Waals surface area contributed by atoms with Crippen molar-refractivity contribution in [3.05, 3.63) is 0 Å². The maximum Gasteiger partial charge on any atom is 0.248 e. The summed E-state index contributed by atoms with van der Waals surface area (Å²) in [5.74, 6) is -0.243. The molecule has 2 aliphatic rings. The smallest absolute Gasteiger partial charge is 0.248 e. The highest BCUT2D eigenvalue weighted by Crippen LogP contribution is 2.33. The van der Waals surface area contributed by atoms with Crippen molar-refractivity contribution in [2.45, 2.75) is 56.2 Å². The van der Waals surface area contributed by atoms with Crippen molar-refractivity contribution in [3.8, 4) is 0 Å². The highest BCUT2D eigenvalue weighted by molar-refractivity contribution is 7.92. The Bertz CT molecular complexity index is 547. The van der Waals surface area contributed by atoms with Crippen LogP contribution in [0.25, 0.3) is 0 Å². The zero-order valence-electron chi connectivity index (χ0n) is 12.9. The first kappa shape index (κ1) is 16.3. The number of sulfone groups is 1. The average molecular weight is 316 g/mol. The predicted molar refractivity (Wildman–Crippen MR) is 79.5 cm³/mol. The van der Waals surface area contributed by atoms with Gasteiger partial charge in [-0.1, -0.05) is 12.8 Å². The van der Waals surface area contributed by atoms with Gasteiger partial charge in [0, 0.05) is 25.8 Å². The monoisotopic (exact) mass is 316 g/mol. The van der Waals surface area contributed by atoms with E-state index in [0.29, 0.717) is 12.8 Å². The maximum absolute atomic E-state index is 12.8. The molecule has 0 aromatic carbocycles. The molecule has 2 amide bonds. The molecule has 0 unspecified atom stereocenters. The van der Waals surface area contributed by atoms with Crippen molar-refractivity contribution in [2.24, 2.45) is 0 Å². The van der Waals surface area contributed by atoms with Gasteiger partial charge in [-0.05, 0) is 26.7 Å². The van der Waals surface area contributed by atoms with Crippen LogP contribution in [0.2, 0.25) is 0 Å². The fourth-order valence-electron chi connectivity index (χ4n) is 3.07. The van der Waals surface area contributed by atoms with Gasteiger partial charge in [-0.15, -0.1) is 0 Å². The second-order valence-corrected chi connectivity index (χ2v) is 9.50. The van der Waals surface area contributed by atoms with Crippen LogP contribution in [0.3, 0.4) is 0 Å². The van der Waals surface area contributed by atoms with Gasteiger partial charge in [0.05, 0.1) is 4.75 Å². The van der Waals surface area contributed by atoms with Gasteiger partial charge in [-0.3, -0.25) is 9.59 Å². The topological polar surface area (TPSA) is 83.6 Å². The lowest BCUT2D eigenvalue weighted by atomic mass is 9.95. The largest absolute Gasteiger partial charge is 0.342 e. The molecule has 1 saturated carbocycles. The van der Waals surface area contributed by atoms with Crippen LogP contribution in [-0.4, -0.2) is 54.8 Å². The molecule has 120 valence electrons. The molecule has 1 aliphatic carbocycles. The van der Waals surface area contributed by atoms with E-state index in [1.54, 1.807) is 18.7 Å². The average Bonchev–Trinajstić information content (AvgIpc) is 2.77. The summed E-state index contributed by atoms with van der Waals surface area (Å²) in [5, 5.41) is 2.88. The Hall–Kier alpha value is -1.11. The summed E-state index contributed by atoms with van der Waals surface area (Å²) in [6.45, 7) is 3.65. The number of carbonyl (C=O) groups excluding carboxylic acids is 2. The van der Waals surface area contributed by atoms with Crippen molar-refractivity contribution < 1.29 is 18.0 Å². The second kappa shape index (κ2) is 5.26. The molecule has 7 heteroatoms. The predicted octanol–water partition coefficient (Wildman–Crippen LogP) is 0.471. The molecule has 6 nitrogen and oxygen atoms in total. The molecule has 0 aromatic rings. The van der Waals surface area contributed by atoms with Crippen LogP contribution < -0.4 is 5.32 Å². The van der Waals surface area contributed by atoms with Gasteiger partial charge in [0.1, 0.15) is 5.54 Å². The summed E-state index contributed by atoms with van der Waals surface area (Å²) in [6, 6.07) is 0. The number of rotatable bonds is 3. The van der Waals surface area contributed by atoms with Crippen molar-refractivity contribution >= 4 is 21.7 Å². The lowest BCUT2D eigenvalue weighted by Gasteiger charge is -2.35. The van der Waals surface area contributed by atoms with Crippen molar-refractivity contribution in [3.63, 3.8) is 0 Å². The third-order valence-electron chi connectivity index (χ3n) is 4.72. The van der Waals surface area contributed by atoms with E-state index in [1.165, 1.54) is 6.26 Å². The SMILES string of the molecule is CC(C)(CN1CCC(=O)NC2(CCCC2)C1=O)S(C)(=O)=O. The number of nitrogens with one attached hydrogen (secondary N) is 1. The van der Waals surface area contributed by atoms with Crippen LogP contribution in [0.5, 0.6) is 0 Å². The zero-order chi connectivity index (χ0) is 15.9. The minimum absolute atomic E-state index is 0.120. The lowest BCUT2D eigenvalue weighted by Crippen LogP contribution is -2.57. The molecule has 0 aromatic heterocycles. The summed E-state index contributed by atoms with van der Waals surface area (Å²) in [7, 11) is -3.28. The Morgan fingerprint density at radius 2 is 1.81 bits per heavy atom. The molecule has 0 radical (unpaired) electrons. The number of carbonyl (C=O) groups is 2. The van der Waals surface area contributed by atoms with Gasteiger partial charge >= 0.3 is 0 Å². The van der Waals surface area contributed by atoms with Gasteiger partial charge in [-0.25, -0.2) is 8.42 Å². The second-order valence-electron chi connectivity index (χ2n) is 6.85. The first-order valence-corrected chi connectivity index (χ1v) is 9.27. The Kier molecular flexibility index (Phi) is 4.08. The van der Waals surface area contributed by atoms with Gasteiger partial charge < -0.3 is 10.2 Å². The van der Waals surface area contributed by atoms with E-state index in [-0.39, 0.29) is 31.3 Å². The summed E-state index contributed by atoms with van der Waals surface area (Å²) < 4.78 is 22.7. The normalized spacial score (nSPS) is 23.3. The Labute approximate surface area is 126 Å². The molecule has 2 fully saturated rings. The fraction of sp³-hybridized carbons (Fsp3) is 0.857. The Morgan fingerprint density at radius 3 is 2.33 bits per heavy atom. The minimum Gasteiger partial charge on any atom is -0.342 e. The minimum atomic E-state index is -3.28. The number of hydrogen-bond acceptors (Lipinski definition) is 4. The third-order valence-corrected chi connectivity index (χ3v) is 6.85. The standard InChI is InChI=1S/C14H24N2O4S/c1-13(2,21(3,19)20)10-16-9-6-11(17)15-14(12(16)18)7-4-5-8-14/h4-10H2,1-3H3,(H,15,17). The first-order valence-electron chi connectivity index (χ1n) is 7.37. The van der Waals surface area contributed by atoms with Crippen LogP contribution >= 0.6 is 0 Å². The summed E-state index contributed by atoms with van der Waals surface area (Å²) >= 11 is 0. The van der Waals surface area contributed by atoms with E-state index in [0.717, 1.165) is 12.8 Å². The fourth-order valence-corrected chi connectivity index (χ4v) is 3.46. The van der Waals surface area contributed by atoms with Crippen molar-refractivity contribution in [2.75, 3.05) is 19.3 Å². The molecule has 2 rings (SSSR count). The molecule has 0 bridgehead atoms. The summed E-state index contributed by atoms with van der Waals surface area (Å²) in [5.41, 5.74) is -0.804. The van der Waals surface area contributed by atoms with Crippen LogP contribution in [0, 0.1) is 0 Å². The number of hydrogen-bond donors (Lipinski definition) is 1. The first-order chi connectivity index (χ1) is 9.57. The van der Waals surface area contributed by atoms with E-state index in [4.69, 9.17) is 0 Å². The van der Waals surface area contributed by atoms with E-state index >= 15 is 0 Å². The lowest BCUT2D eigenvalue weighted by molar-refractivity contribution is -0.138. The van der Waals surface area contributed by atoms with Crippen LogP contribution in [0.4, 0.5) is 0 Å². The Morgan fingerprint density at radius 1 is 1.24 bits per heavy atom. The van der Waals surface area contributed by atoms with Gasteiger partial charge in [0.25, 0.3) is 0 Å². The van der Waals surface area contributed by atoms with Crippen LogP contribution in [0.15, 0.2) is 0 Å². The third kappa shape index (κ3) is 3.07. The molecule has 21 heavy (non-hydrogen) atoms. The van der Waals surface area contributed by atoms with Crippen molar-refractivity contribution in [1.29, 1.82) is 0 Å². The zero-order valence-corrected chi connectivity index (χ0v) is 13.8. The highest BCUT2D eigenvalue weighted by atomic mass is 32.2. The van der Waals surface area contributed by atoms with Gasteiger partial charge in [-0.2, -0.15) is 0 Å². The molecular formula is C14H24N2O4S. The van der Waals surface area contributed by atoms with Gasteiger partial charge in [0.2, 0.25) is 11.8 Å². The van der Waals surface area contributed by atoms with Crippen molar-refractivity contribution in [1.82, 2.24) is 10.2 Å². The van der Waals surface area contributed by atoms with E-state index < -0.39 is 20.1 Å². The quantitative estimate of drug-likeness (QED) is 0.820. The molecule has 1 saturated heterocycles. The molecule has 1 spiro atoms. The molecule has 1 N–H and O–H groups in total. The number of amides is 2. The summed E-state index contributed by atoms with van der Waals surface area (Å²) in [6.07, 6.45) is 4.53. The molecule has 1 aliphatic heterocycles. The van der Waals surface area contributed by atoms with Crippen LogP contribution in [-0.2, 0) is 19.4 Å². The van der Waals surface area contributed by atoms with E-state index in [1.807, 2.05) is 0 Å². The number of nitrogens with zero attached hydrogens (tertiary/aromatic N) is 1. The highest BCUT2D eigenvalue weighted by Gasteiger charge is 2.48. The molecule has 0 atom stereocenters. The van der Waals surface area contributed by atoms with Gasteiger partial charge in [0.15, 0.2) is 9.84 Å². The van der Waals surface area contributed by atoms with E-state index in [9.17, 15) is 18.0 Å².